The molecule has 1 aromatic rings. The van der Waals surface area contributed by atoms with Crippen LogP contribution in [0.5, 0.6) is 0 Å². The van der Waals surface area contributed by atoms with Gasteiger partial charge in [-0.2, -0.15) is 0 Å². The third-order valence-corrected chi connectivity index (χ3v) is 6.61. The minimum Gasteiger partial charge on any atom is -0.480 e. The Bertz CT molecular complexity index is 693. The second-order valence-corrected chi connectivity index (χ2v) is 8.22. The van der Waals surface area contributed by atoms with Gasteiger partial charge in [-0.25, -0.2) is 4.68 Å². The van der Waals surface area contributed by atoms with Crippen molar-refractivity contribution in [3.05, 3.63) is 6.33 Å². The number of hydrogen-bond donors (Lipinski definition) is 3. The molecule has 0 radical (unpaired) electrons. The predicted octanol–water partition coefficient (Wildman–Crippen LogP) is 0.696. The van der Waals surface area contributed by atoms with E-state index < -0.39 is 24.0 Å². The van der Waals surface area contributed by atoms with Crippen molar-refractivity contribution in [3.8, 4) is 0 Å². The SMILES string of the molecule is Cl.Cl.O=C(O)C1CC2CC(CN3C[C@@H](n4cnnn4)C[C@H]3C(=O)O)CC[C@H]2CN1. The van der Waals surface area contributed by atoms with Crippen LogP contribution in [-0.4, -0.2) is 79.0 Å². The van der Waals surface area contributed by atoms with E-state index in [0.717, 1.165) is 32.4 Å². The van der Waals surface area contributed by atoms with Gasteiger partial charge in [0.2, 0.25) is 0 Å². The Kier molecular flexibility index (Phi) is 8.21. The maximum Gasteiger partial charge on any atom is 0.321 e. The molecule has 3 aliphatic rings. The van der Waals surface area contributed by atoms with Gasteiger partial charge in [-0.1, -0.05) is 0 Å². The lowest BCUT2D eigenvalue weighted by Crippen LogP contribution is -2.50. The molecule has 2 aliphatic heterocycles. The van der Waals surface area contributed by atoms with Crippen LogP contribution in [-0.2, 0) is 9.59 Å². The number of carbonyl (C=O) groups is 2. The van der Waals surface area contributed by atoms with Crippen LogP contribution < -0.4 is 5.32 Å². The number of hydrogen-bond acceptors (Lipinski definition) is 7. The lowest BCUT2D eigenvalue weighted by Gasteiger charge is -2.42. The van der Waals surface area contributed by atoms with Crippen molar-refractivity contribution in [2.75, 3.05) is 19.6 Å². The molecule has 6 atom stereocenters. The molecule has 0 amide bonds. The standard InChI is InChI=1S/C17H26N6O4.2ClH/c24-16(25)14-4-12-3-10(1-2-11(12)6-18-14)7-22-8-13(5-15(22)17(26)27)23-9-19-20-21-23;;/h9-15,18H,1-8H2,(H,24,25)(H,26,27);2*1H/t10?,11-,12?,13-,14?,15-;;/m0../s1. The van der Waals surface area contributed by atoms with Crippen molar-refractivity contribution in [1.29, 1.82) is 0 Å². The summed E-state index contributed by atoms with van der Waals surface area (Å²) < 4.78 is 1.65. The summed E-state index contributed by atoms with van der Waals surface area (Å²) in [6.45, 7) is 2.15. The zero-order valence-electron chi connectivity index (χ0n) is 16.0. The number of rotatable bonds is 5. The van der Waals surface area contributed by atoms with Crippen LogP contribution in [0, 0.1) is 17.8 Å². The molecule has 2 saturated heterocycles. The van der Waals surface area contributed by atoms with Gasteiger partial charge in [0.05, 0.1) is 6.04 Å². The summed E-state index contributed by atoms with van der Waals surface area (Å²) in [5, 5.41) is 33.3. The van der Waals surface area contributed by atoms with Crippen molar-refractivity contribution < 1.29 is 19.8 Å². The number of carboxylic acid groups (broad SMARTS) is 2. The van der Waals surface area contributed by atoms with Gasteiger partial charge in [-0.3, -0.25) is 14.5 Å². The molecule has 12 heteroatoms. The molecule has 1 aliphatic carbocycles. The fourth-order valence-corrected chi connectivity index (χ4v) is 5.21. The Morgan fingerprint density at radius 2 is 1.86 bits per heavy atom. The maximum absolute atomic E-state index is 11.7. The fourth-order valence-electron chi connectivity index (χ4n) is 5.21. The summed E-state index contributed by atoms with van der Waals surface area (Å²) in [7, 11) is 0. The molecular weight excluding hydrogens is 423 g/mol. The number of halogens is 2. The number of piperidine rings is 1. The Balaban J connectivity index is 0.00000150. The van der Waals surface area contributed by atoms with Crippen molar-refractivity contribution in [2.45, 2.75) is 50.2 Å². The van der Waals surface area contributed by atoms with E-state index in [1.165, 1.54) is 0 Å². The molecule has 3 N–H and O–H groups in total. The second-order valence-electron chi connectivity index (χ2n) is 8.22. The van der Waals surface area contributed by atoms with Crippen LogP contribution >= 0.6 is 24.8 Å². The summed E-state index contributed by atoms with van der Waals surface area (Å²) in [5.41, 5.74) is 0. The van der Waals surface area contributed by atoms with Crippen LogP contribution in [0.25, 0.3) is 0 Å². The fraction of sp³-hybridized carbons (Fsp3) is 0.824. The maximum atomic E-state index is 11.7. The first kappa shape index (κ1) is 23.8. The predicted molar refractivity (Wildman–Crippen MR) is 107 cm³/mol. The summed E-state index contributed by atoms with van der Waals surface area (Å²) >= 11 is 0. The minimum absolute atomic E-state index is 0. The van der Waals surface area contributed by atoms with Crippen molar-refractivity contribution in [1.82, 2.24) is 30.4 Å². The van der Waals surface area contributed by atoms with E-state index in [4.69, 9.17) is 0 Å². The summed E-state index contributed by atoms with van der Waals surface area (Å²) in [6.07, 6.45) is 5.85. The molecule has 1 saturated carbocycles. The first-order chi connectivity index (χ1) is 13.0. The Morgan fingerprint density at radius 3 is 2.52 bits per heavy atom. The van der Waals surface area contributed by atoms with E-state index >= 15 is 0 Å². The average molecular weight is 451 g/mol. The van der Waals surface area contributed by atoms with Gasteiger partial charge >= 0.3 is 11.9 Å². The van der Waals surface area contributed by atoms with Gasteiger partial charge < -0.3 is 15.5 Å². The van der Waals surface area contributed by atoms with E-state index in [-0.39, 0.29) is 30.9 Å². The zero-order chi connectivity index (χ0) is 19.0. The summed E-state index contributed by atoms with van der Waals surface area (Å²) in [6, 6.07) is -0.989. The Labute approximate surface area is 181 Å². The molecule has 3 heterocycles. The number of carboxylic acids is 2. The third kappa shape index (κ3) is 5.17. The average Bonchev–Trinajstić information content (AvgIpc) is 3.30. The van der Waals surface area contributed by atoms with Crippen molar-refractivity contribution >= 4 is 36.8 Å². The molecule has 3 fully saturated rings. The molecule has 29 heavy (non-hydrogen) atoms. The van der Waals surface area contributed by atoms with Gasteiger partial charge in [0.25, 0.3) is 0 Å². The molecule has 1 aromatic heterocycles. The van der Waals surface area contributed by atoms with Crippen molar-refractivity contribution in [2.24, 2.45) is 17.8 Å². The van der Waals surface area contributed by atoms with Gasteiger partial charge in [0.15, 0.2) is 0 Å². The molecule has 4 rings (SSSR count). The van der Waals surface area contributed by atoms with Gasteiger partial charge in [-0.05, 0) is 66.8 Å². The Hall–Kier alpha value is -1.49. The second kappa shape index (κ2) is 10.0. The first-order valence-corrected chi connectivity index (χ1v) is 9.66. The van der Waals surface area contributed by atoms with E-state index in [9.17, 15) is 19.8 Å². The smallest absolute Gasteiger partial charge is 0.321 e. The highest BCUT2D eigenvalue weighted by Crippen LogP contribution is 2.40. The van der Waals surface area contributed by atoms with E-state index in [1.54, 1.807) is 11.0 Å². The molecule has 10 nitrogen and oxygen atoms in total. The largest absolute Gasteiger partial charge is 0.480 e. The van der Waals surface area contributed by atoms with Crippen LogP contribution in [0.4, 0.5) is 0 Å². The first-order valence-electron chi connectivity index (χ1n) is 9.66. The quantitative estimate of drug-likeness (QED) is 0.591. The Morgan fingerprint density at radius 1 is 1.07 bits per heavy atom. The van der Waals surface area contributed by atoms with Gasteiger partial charge in [0, 0.05) is 13.1 Å². The van der Waals surface area contributed by atoms with Crippen molar-refractivity contribution in [3.63, 3.8) is 0 Å². The topological polar surface area (TPSA) is 133 Å². The van der Waals surface area contributed by atoms with Gasteiger partial charge in [-0.15, -0.1) is 29.9 Å². The molecule has 164 valence electrons. The molecule has 0 bridgehead atoms. The highest BCUT2D eigenvalue weighted by molar-refractivity contribution is 5.85. The number of nitrogens with zero attached hydrogens (tertiary/aromatic N) is 5. The van der Waals surface area contributed by atoms with Crippen LogP contribution in [0.2, 0.25) is 0 Å². The molecule has 0 spiro atoms. The van der Waals surface area contributed by atoms with Crippen LogP contribution in [0.15, 0.2) is 6.33 Å². The zero-order valence-corrected chi connectivity index (χ0v) is 17.6. The normalized spacial score (nSPS) is 34.5. The molecule has 0 aromatic carbocycles. The lowest BCUT2D eigenvalue weighted by atomic mass is 9.69. The number of tetrazole rings is 1. The summed E-state index contributed by atoms with van der Waals surface area (Å²) in [4.78, 5) is 25.1. The minimum atomic E-state index is -0.799. The lowest BCUT2D eigenvalue weighted by molar-refractivity contribution is -0.143. The number of fused-ring (bicyclic) bond motifs is 1. The van der Waals surface area contributed by atoms with Gasteiger partial charge in [0.1, 0.15) is 18.4 Å². The molecule has 3 unspecified atom stereocenters. The summed E-state index contributed by atoms with van der Waals surface area (Å²) in [5.74, 6) is -0.211. The number of aliphatic carboxylic acids is 2. The number of nitrogens with one attached hydrogen (secondary N) is 1. The highest BCUT2D eigenvalue weighted by atomic mass is 35.5. The monoisotopic (exact) mass is 450 g/mol. The number of likely N-dealkylation sites (tertiary alicyclic amines) is 1. The van der Waals surface area contributed by atoms with Crippen LogP contribution in [0.3, 0.4) is 0 Å². The van der Waals surface area contributed by atoms with E-state index in [2.05, 4.69) is 25.7 Å². The highest BCUT2D eigenvalue weighted by Gasteiger charge is 2.42. The van der Waals surface area contributed by atoms with Crippen LogP contribution in [0.1, 0.15) is 38.1 Å². The molecular formula is C17H28Cl2N6O4. The van der Waals surface area contributed by atoms with E-state index in [1.807, 2.05) is 0 Å². The number of aromatic nitrogens is 4. The third-order valence-electron chi connectivity index (χ3n) is 6.61. The van der Waals surface area contributed by atoms with E-state index in [0.29, 0.717) is 37.1 Å².